The molecule has 1 saturated heterocycles. The molecule has 2 aliphatic rings. The maximum Gasteiger partial charge on any atom is 0.239 e. The highest BCUT2D eigenvalue weighted by Gasteiger charge is 2.28. The minimum atomic E-state index is 0.0937. The number of rotatable bonds is 3. The Morgan fingerprint density at radius 3 is 2.80 bits per heavy atom. The number of hydrogen-bond donors (Lipinski definition) is 1. The lowest BCUT2D eigenvalue weighted by Gasteiger charge is -2.23. The predicted molar refractivity (Wildman–Crippen MR) is 60.6 cm³/mol. The van der Waals surface area contributed by atoms with Crippen molar-refractivity contribution in [1.82, 2.24) is 10.2 Å². The molecule has 0 aromatic carbocycles. The molecular weight excluding hydrogens is 188 g/mol. The van der Waals surface area contributed by atoms with Crippen LogP contribution in [0, 0.1) is 5.92 Å². The van der Waals surface area contributed by atoms with Gasteiger partial charge in [-0.05, 0) is 38.1 Å². The molecule has 1 saturated carbocycles. The van der Waals surface area contributed by atoms with Crippen LogP contribution in [0.15, 0.2) is 0 Å². The third-order valence-corrected chi connectivity index (χ3v) is 3.46. The lowest BCUT2D eigenvalue weighted by atomic mass is 10.1. The number of likely N-dealkylation sites (N-methyl/N-ethyl adjacent to an activating group) is 1. The lowest BCUT2D eigenvalue weighted by Crippen LogP contribution is -2.45. The molecular formula is C12H22N2O. The molecule has 0 aromatic heterocycles. The lowest BCUT2D eigenvalue weighted by molar-refractivity contribution is -0.132. The monoisotopic (exact) mass is 210 g/mol. The average Bonchev–Trinajstić information content (AvgIpc) is 3.01. The molecule has 1 unspecified atom stereocenters. The second kappa shape index (κ2) is 4.97. The van der Waals surface area contributed by atoms with E-state index in [1.165, 1.54) is 32.1 Å². The topological polar surface area (TPSA) is 32.3 Å². The van der Waals surface area contributed by atoms with Gasteiger partial charge in [-0.3, -0.25) is 4.79 Å². The first-order chi connectivity index (χ1) is 7.27. The van der Waals surface area contributed by atoms with Crippen LogP contribution in [0.25, 0.3) is 0 Å². The Labute approximate surface area is 92.2 Å². The van der Waals surface area contributed by atoms with Gasteiger partial charge in [0, 0.05) is 13.6 Å². The standard InChI is InChI=1S/C12H22N2O/c1-14(9-10-6-7-10)12(15)11-5-3-2-4-8-13-11/h10-11,13H,2-9H2,1H3. The molecule has 3 nitrogen and oxygen atoms in total. The van der Waals surface area contributed by atoms with Gasteiger partial charge in [0.2, 0.25) is 5.91 Å². The summed E-state index contributed by atoms with van der Waals surface area (Å²) in [6.07, 6.45) is 7.33. The van der Waals surface area contributed by atoms with Crippen LogP contribution in [0.2, 0.25) is 0 Å². The van der Waals surface area contributed by atoms with E-state index >= 15 is 0 Å². The fraction of sp³-hybridized carbons (Fsp3) is 0.917. The third kappa shape index (κ3) is 3.20. The maximum absolute atomic E-state index is 12.1. The van der Waals surface area contributed by atoms with Gasteiger partial charge in [0.15, 0.2) is 0 Å². The van der Waals surface area contributed by atoms with Gasteiger partial charge in [0.25, 0.3) is 0 Å². The van der Waals surface area contributed by atoms with Crippen molar-refractivity contribution in [1.29, 1.82) is 0 Å². The van der Waals surface area contributed by atoms with Gasteiger partial charge in [-0.2, -0.15) is 0 Å². The van der Waals surface area contributed by atoms with Crippen molar-refractivity contribution in [3.63, 3.8) is 0 Å². The van der Waals surface area contributed by atoms with Crippen molar-refractivity contribution in [2.24, 2.45) is 5.92 Å². The van der Waals surface area contributed by atoms with E-state index in [9.17, 15) is 4.79 Å². The fourth-order valence-electron chi connectivity index (χ4n) is 2.28. The van der Waals surface area contributed by atoms with E-state index < -0.39 is 0 Å². The molecule has 1 heterocycles. The zero-order chi connectivity index (χ0) is 10.7. The number of carbonyl (C=O) groups excluding carboxylic acids is 1. The van der Waals surface area contributed by atoms with Crippen LogP contribution in [0.1, 0.15) is 38.5 Å². The largest absolute Gasteiger partial charge is 0.344 e. The highest BCUT2D eigenvalue weighted by molar-refractivity contribution is 5.81. The van der Waals surface area contributed by atoms with Crippen LogP contribution in [-0.4, -0.2) is 37.0 Å². The Kier molecular flexibility index (Phi) is 3.62. The van der Waals surface area contributed by atoms with Crippen molar-refractivity contribution in [2.45, 2.75) is 44.6 Å². The van der Waals surface area contributed by atoms with E-state index in [0.717, 1.165) is 25.4 Å². The molecule has 1 aliphatic carbocycles. The molecule has 1 aliphatic heterocycles. The molecule has 15 heavy (non-hydrogen) atoms. The Morgan fingerprint density at radius 1 is 1.27 bits per heavy atom. The molecule has 2 rings (SSSR count). The summed E-state index contributed by atoms with van der Waals surface area (Å²) < 4.78 is 0. The first-order valence-corrected chi connectivity index (χ1v) is 6.26. The normalized spacial score (nSPS) is 27.1. The summed E-state index contributed by atoms with van der Waals surface area (Å²) >= 11 is 0. The van der Waals surface area contributed by atoms with Crippen molar-refractivity contribution in [2.75, 3.05) is 20.1 Å². The van der Waals surface area contributed by atoms with Crippen molar-refractivity contribution >= 4 is 5.91 Å². The van der Waals surface area contributed by atoms with E-state index in [0.29, 0.717) is 5.91 Å². The maximum atomic E-state index is 12.1. The second-order valence-electron chi connectivity index (χ2n) is 5.02. The highest BCUT2D eigenvalue weighted by Crippen LogP contribution is 2.29. The van der Waals surface area contributed by atoms with E-state index in [2.05, 4.69) is 5.32 Å². The fourth-order valence-corrected chi connectivity index (χ4v) is 2.28. The van der Waals surface area contributed by atoms with Gasteiger partial charge in [0.05, 0.1) is 6.04 Å². The molecule has 3 heteroatoms. The Hall–Kier alpha value is -0.570. The molecule has 0 bridgehead atoms. The van der Waals surface area contributed by atoms with Gasteiger partial charge >= 0.3 is 0 Å². The van der Waals surface area contributed by atoms with E-state index in [1.807, 2.05) is 11.9 Å². The number of amides is 1. The molecule has 0 spiro atoms. The number of hydrogen-bond acceptors (Lipinski definition) is 2. The SMILES string of the molecule is CN(CC1CC1)C(=O)C1CCCCCN1. The van der Waals surface area contributed by atoms with Crippen molar-refractivity contribution in [3.8, 4) is 0 Å². The number of nitrogens with one attached hydrogen (secondary N) is 1. The number of nitrogens with zero attached hydrogens (tertiary/aromatic N) is 1. The smallest absolute Gasteiger partial charge is 0.239 e. The molecule has 0 radical (unpaired) electrons. The van der Waals surface area contributed by atoms with Gasteiger partial charge in [-0.1, -0.05) is 12.8 Å². The van der Waals surface area contributed by atoms with Gasteiger partial charge in [0.1, 0.15) is 0 Å². The van der Waals surface area contributed by atoms with Gasteiger partial charge in [-0.25, -0.2) is 0 Å². The summed E-state index contributed by atoms with van der Waals surface area (Å²) in [6, 6.07) is 0.0937. The summed E-state index contributed by atoms with van der Waals surface area (Å²) in [7, 11) is 1.95. The zero-order valence-electron chi connectivity index (χ0n) is 9.67. The number of carbonyl (C=O) groups is 1. The molecule has 1 N–H and O–H groups in total. The third-order valence-electron chi connectivity index (χ3n) is 3.46. The first kappa shape index (κ1) is 10.9. The highest BCUT2D eigenvalue weighted by atomic mass is 16.2. The summed E-state index contributed by atoms with van der Waals surface area (Å²) in [5, 5.41) is 3.36. The van der Waals surface area contributed by atoms with E-state index in [4.69, 9.17) is 0 Å². The van der Waals surface area contributed by atoms with Gasteiger partial charge < -0.3 is 10.2 Å². The van der Waals surface area contributed by atoms with E-state index in [1.54, 1.807) is 0 Å². The zero-order valence-corrected chi connectivity index (χ0v) is 9.67. The molecule has 86 valence electrons. The summed E-state index contributed by atoms with van der Waals surface area (Å²) in [6.45, 7) is 1.98. The summed E-state index contributed by atoms with van der Waals surface area (Å²) in [5.74, 6) is 1.11. The van der Waals surface area contributed by atoms with Crippen molar-refractivity contribution in [3.05, 3.63) is 0 Å². The quantitative estimate of drug-likeness (QED) is 0.763. The predicted octanol–water partition coefficient (Wildman–Crippen LogP) is 1.39. The van der Waals surface area contributed by atoms with Crippen LogP contribution in [0.3, 0.4) is 0 Å². The molecule has 1 atom stereocenters. The van der Waals surface area contributed by atoms with Crippen molar-refractivity contribution < 1.29 is 4.79 Å². The molecule has 1 amide bonds. The average molecular weight is 210 g/mol. The Balaban J connectivity index is 1.81. The van der Waals surface area contributed by atoms with Crippen LogP contribution >= 0.6 is 0 Å². The molecule has 0 aromatic rings. The minimum Gasteiger partial charge on any atom is -0.344 e. The van der Waals surface area contributed by atoms with Crippen LogP contribution in [-0.2, 0) is 4.79 Å². The minimum absolute atomic E-state index is 0.0937. The van der Waals surface area contributed by atoms with Gasteiger partial charge in [-0.15, -0.1) is 0 Å². The first-order valence-electron chi connectivity index (χ1n) is 6.26. The molecule has 2 fully saturated rings. The van der Waals surface area contributed by atoms with E-state index in [-0.39, 0.29) is 6.04 Å². The summed E-state index contributed by atoms with van der Waals surface area (Å²) in [4.78, 5) is 14.0. The Morgan fingerprint density at radius 2 is 2.07 bits per heavy atom. The Bertz CT molecular complexity index is 218. The van der Waals surface area contributed by atoms with Crippen LogP contribution in [0.4, 0.5) is 0 Å². The summed E-state index contributed by atoms with van der Waals surface area (Å²) in [5.41, 5.74) is 0. The van der Waals surface area contributed by atoms with Crippen LogP contribution in [0.5, 0.6) is 0 Å². The second-order valence-corrected chi connectivity index (χ2v) is 5.02. The van der Waals surface area contributed by atoms with Crippen LogP contribution < -0.4 is 5.32 Å².